The third-order valence-electron chi connectivity index (χ3n) is 4.22. The molecule has 2 aromatic carbocycles. The van der Waals surface area contributed by atoms with Crippen LogP contribution in [0.15, 0.2) is 48.5 Å². The molecule has 2 aromatic rings. The summed E-state index contributed by atoms with van der Waals surface area (Å²) in [6, 6.07) is 13.7. The lowest BCUT2D eigenvalue weighted by molar-refractivity contribution is -0.117. The Labute approximate surface area is 140 Å². The number of carbonyl (C=O) groups excluding carboxylic acids is 2. The fourth-order valence-corrected chi connectivity index (χ4v) is 2.87. The maximum Gasteiger partial charge on any atom is 0.254 e. The average molecular weight is 326 g/mol. The normalized spacial score (nSPS) is 17.2. The van der Waals surface area contributed by atoms with Crippen LogP contribution in [0.4, 0.5) is 10.1 Å². The third-order valence-corrected chi connectivity index (χ3v) is 4.22. The van der Waals surface area contributed by atoms with Crippen LogP contribution in [0, 0.1) is 18.7 Å². The van der Waals surface area contributed by atoms with Crippen LogP contribution in [0.25, 0.3) is 0 Å². The number of anilines is 1. The minimum absolute atomic E-state index is 0.0227. The van der Waals surface area contributed by atoms with Gasteiger partial charge in [0.2, 0.25) is 5.91 Å². The first-order chi connectivity index (χ1) is 11.5. The van der Waals surface area contributed by atoms with Gasteiger partial charge in [0.25, 0.3) is 5.91 Å². The van der Waals surface area contributed by atoms with Gasteiger partial charge in [-0.1, -0.05) is 29.8 Å². The summed E-state index contributed by atoms with van der Waals surface area (Å²) in [5.74, 6) is -0.924. The molecular weight excluding hydrogens is 307 g/mol. The van der Waals surface area contributed by atoms with Gasteiger partial charge < -0.3 is 10.2 Å². The Morgan fingerprint density at radius 2 is 1.92 bits per heavy atom. The SMILES string of the molecule is Cc1ccc(N2CC(CNC(=O)c3ccccc3F)CC2=O)cc1. The highest BCUT2D eigenvalue weighted by Gasteiger charge is 2.30. The van der Waals surface area contributed by atoms with Gasteiger partial charge in [-0.15, -0.1) is 0 Å². The predicted molar refractivity (Wildman–Crippen MR) is 90.4 cm³/mol. The van der Waals surface area contributed by atoms with Crippen LogP contribution in [0.5, 0.6) is 0 Å². The molecule has 24 heavy (non-hydrogen) atoms. The van der Waals surface area contributed by atoms with Crippen LogP contribution >= 0.6 is 0 Å². The van der Waals surface area contributed by atoms with E-state index in [1.54, 1.807) is 17.0 Å². The number of hydrogen-bond acceptors (Lipinski definition) is 2. The molecule has 1 aliphatic rings. The van der Waals surface area contributed by atoms with Crippen molar-refractivity contribution in [2.75, 3.05) is 18.0 Å². The number of nitrogens with one attached hydrogen (secondary N) is 1. The molecule has 1 unspecified atom stereocenters. The Balaban J connectivity index is 1.59. The summed E-state index contributed by atoms with van der Waals surface area (Å²) < 4.78 is 13.6. The molecule has 0 radical (unpaired) electrons. The van der Waals surface area contributed by atoms with Gasteiger partial charge in [0.05, 0.1) is 5.56 Å². The minimum Gasteiger partial charge on any atom is -0.352 e. The lowest BCUT2D eigenvalue weighted by atomic mass is 10.1. The number of benzene rings is 2. The fraction of sp³-hybridized carbons (Fsp3) is 0.263. The van der Waals surface area contributed by atoms with E-state index >= 15 is 0 Å². The second-order valence-corrected chi connectivity index (χ2v) is 6.10. The van der Waals surface area contributed by atoms with E-state index in [1.165, 1.54) is 12.1 Å². The highest BCUT2D eigenvalue weighted by molar-refractivity contribution is 5.96. The van der Waals surface area contributed by atoms with Gasteiger partial charge in [0, 0.05) is 31.1 Å². The van der Waals surface area contributed by atoms with E-state index in [0.29, 0.717) is 19.5 Å². The molecule has 1 saturated heterocycles. The highest BCUT2D eigenvalue weighted by Crippen LogP contribution is 2.25. The van der Waals surface area contributed by atoms with Crippen molar-refractivity contribution in [2.24, 2.45) is 5.92 Å². The van der Waals surface area contributed by atoms with Crippen molar-refractivity contribution in [2.45, 2.75) is 13.3 Å². The summed E-state index contributed by atoms with van der Waals surface area (Å²) in [4.78, 5) is 26.0. The van der Waals surface area contributed by atoms with Crippen LogP contribution in [-0.4, -0.2) is 24.9 Å². The monoisotopic (exact) mass is 326 g/mol. The first-order valence-electron chi connectivity index (χ1n) is 7.94. The topological polar surface area (TPSA) is 49.4 Å². The smallest absolute Gasteiger partial charge is 0.254 e. The molecule has 4 nitrogen and oxygen atoms in total. The molecule has 0 aliphatic carbocycles. The fourth-order valence-electron chi connectivity index (χ4n) is 2.87. The van der Waals surface area contributed by atoms with Crippen LogP contribution in [0.1, 0.15) is 22.3 Å². The van der Waals surface area contributed by atoms with E-state index in [2.05, 4.69) is 5.32 Å². The molecule has 1 heterocycles. The first kappa shape index (κ1) is 16.2. The summed E-state index contributed by atoms with van der Waals surface area (Å²) >= 11 is 0. The minimum atomic E-state index is -0.543. The van der Waals surface area contributed by atoms with E-state index < -0.39 is 11.7 Å². The van der Waals surface area contributed by atoms with Crippen LogP contribution in [0.3, 0.4) is 0 Å². The summed E-state index contributed by atoms with van der Waals surface area (Å²) in [6.07, 6.45) is 0.380. The Hall–Kier alpha value is -2.69. The maximum atomic E-state index is 13.6. The largest absolute Gasteiger partial charge is 0.352 e. The zero-order chi connectivity index (χ0) is 17.1. The molecule has 0 bridgehead atoms. The zero-order valence-corrected chi connectivity index (χ0v) is 13.5. The molecule has 124 valence electrons. The second kappa shape index (κ2) is 6.83. The van der Waals surface area contributed by atoms with Crippen molar-refractivity contribution < 1.29 is 14.0 Å². The number of rotatable bonds is 4. The summed E-state index contributed by atoms with van der Waals surface area (Å²) in [5.41, 5.74) is 2.03. The van der Waals surface area contributed by atoms with Crippen LogP contribution in [0.2, 0.25) is 0 Å². The summed E-state index contributed by atoms with van der Waals surface area (Å²) in [7, 11) is 0. The van der Waals surface area contributed by atoms with E-state index in [9.17, 15) is 14.0 Å². The van der Waals surface area contributed by atoms with E-state index in [4.69, 9.17) is 0 Å². The molecule has 1 fully saturated rings. The summed E-state index contributed by atoms with van der Waals surface area (Å²) in [5, 5.41) is 2.73. The van der Waals surface area contributed by atoms with Gasteiger partial charge in [0.1, 0.15) is 5.82 Å². The second-order valence-electron chi connectivity index (χ2n) is 6.10. The molecule has 1 aliphatic heterocycles. The van der Waals surface area contributed by atoms with Crippen molar-refractivity contribution in [1.82, 2.24) is 5.32 Å². The van der Waals surface area contributed by atoms with Gasteiger partial charge in [-0.25, -0.2) is 4.39 Å². The standard InChI is InChI=1S/C19H19FN2O2/c1-13-6-8-15(9-7-13)22-12-14(10-18(22)23)11-21-19(24)16-4-2-3-5-17(16)20/h2-9,14H,10-12H2,1H3,(H,21,24). The number of aryl methyl sites for hydroxylation is 1. The van der Waals surface area contributed by atoms with E-state index in [1.807, 2.05) is 31.2 Å². The van der Waals surface area contributed by atoms with Crippen molar-refractivity contribution >= 4 is 17.5 Å². The van der Waals surface area contributed by atoms with E-state index in [-0.39, 0.29) is 17.4 Å². The van der Waals surface area contributed by atoms with Crippen LogP contribution in [-0.2, 0) is 4.79 Å². The number of halogens is 1. The van der Waals surface area contributed by atoms with Crippen molar-refractivity contribution in [3.8, 4) is 0 Å². The van der Waals surface area contributed by atoms with Crippen LogP contribution < -0.4 is 10.2 Å². The Kier molecular flexibility index (Phi) is 4.60. The zero-order valence-electron chi connectivity index (χ0n) is 13.5. The van der Waals surface area contributed by atoms with Crippen molar-refractivity contribution in [3.63, 3.8) is 0 Å². The molecule has 1 N–H and O–H groups in total. The molecule has 0 saturated carbocycles. The molecule has 2 amide bonds. The van der Waals surface area contributed by atoms with Gasteiger partial charge in [0.15, 0.2) is 0 Å². The van der Waals surface area contributed by atoms with Gasteiger partial charge in [-0.05, 0) is 31.2 Å². The molecular formula is C19H19FN2O2. The lowest BCUT2D eigenvalue weighted by Crippen LogP contribution is -2.31. The average Bonchev–Trinajstić information content (AvgIpc) is 2.95. The predicted octanol–water partition coefficient (Wildman–Crippen LogP) is 2.92. The lowest BCUT2D eigenvalue weighted by Gasteiger charge is -2.17. The van der Waals surface area contributed by atoms with Gasteiger partial charge in [-0.3, -0.25) is 9.59 Å². The van der Waals surface area contributed by atoms with Gasteiger partial charge in [-0.2, -0.15) is 0 Å². The molecule has 0 aromatic heterocycles. The quantitative estimate of drug-likeness (QED) is 0.939. The first-order valence-corrected chi connectivity index (χ1v) is 7.94. The van der Waals surface area contributed by atoms with Crippen molar-refractivity contribution in [1.29, 1.82) is 0 Å². The number of nitrogens with zero attached hydrogens (tertiary/aromatic N) is 1. The number of hydrogen-bond donors (Lipinski definition) is 1. The maximum absolute atomic E-state index is 13.6. The van der Waals surface area contributed by atoms with E-state index in [0.717, 1.165) is 11.3 Å². The molecule has 3 rings (SSSR count). The Bertz CT molecular complexity index is 758. The number of amides is 2. The van der Waals surface area contributed by atoms with Crippen molar-refractivity contribution in [3.05, 3.63) is 65.5 Å². The Morgan fingerprint density at radius 1 is 1.21 bits per heavy atom. The highest BCUT2D eigenvalue weighted by atomic mass is 19.1. The Morgan fingerprint density at radius 3 is 2.62 bits per heavy atom. The molecule has 1 atom stereocenters. The molecule has 5 heteroatoms. The van der Waals surface area contributed by atoms with Gasteiger partial charge >= 0.3 is 0 Å². The molecule has 0 spiro atoms. The summed E-state index contributed by atoms with van der Waals surface area (Å²) in [6.45, 7) is 2.90. The third kappa shape index (κ3) is 3.45. The number of carbonyl (C=O) groups is 2.